The Morgan fingerprint density at radius 1 is 1.53 bits per heavy atom. The predicted molar refractivity (Wildman–Crippen MR) is 59.7 cm³/mol. The molecule has 1 fully saturated rings. The Morgan fingerprint density at radius 3 is 3.20 bits per heavy atom. The summed E-state index contributed by atoms with van der Waals surface area (Å²) in [7, 11) is 0. The van der Waals surface area contributed by atoms with Gasteiger partial charge in [-0.1, -0.05) is 11.2 Å². The minimum absolute atomic E-state index is 0.715. The van der Waals surface area contributed by atoms with Gasteiger partial charge in [0, 0.05) is 18.7 Å². The molecule has 1 aliphatic carbocycles. The molecule has 2 aromatic heterocycles. The molecule has 1 saturated carbocycles. The van der Waals surface area contributed by atoms with Gasteiger partial charge in [-0.2, -0.15) is 0 Å². The van der Waals surface area contributed by atoms with E-state index < -0.39 is 0 Å². The average molecular weight is 220 g/mol. The van der Waals surface area contributed by atoms with Crippen molar-refractivity contribution in [3.05, 3.63) is 29.3 Å². The smallest absolute Gasteiger partial charge is 0.177 e. The van der Waals surface area contributed by atoms with Gasteiger partial charge in [0.15, 0.2) is 5.76 Å². The molecule has 3 rings (SSSR count). The number of rotatable bonds is 4. The number of nitrogens with one attached hydrogen (secondary N) is 1. The molecule has 1 N–H and O–H groups in total. The van der Waals surface area contributed by atoms with Crippen LogP contribution in [-0.2, 0) is 6.54 Å². The Labute approximate surface area is 92.1 Å². The third-order valence-electron chi connectivity index (χ3n) is 2.47. The van der Waals surface area contributed by atoms with Crippen LogP contribution in [0.3, 0.4) is 0 Å². The molecule has 1 aliphatic rings. The minimum atomic E-state index is 0.715. The lowest BCUT2D eigenvalue weighted by atomic mass is 10.3. The maximum absolute atomic E-state index is 5.28. The van der Waals surface area contributed by atoms with E-state index in [4.69, 9.17) is 4.52 Å². The van der Waals surface area contributed by atoms with E-state index in [-0.39, 0.29) is 0 Å². The maximum Gasteiger partial charge on any atom is 0.177 e. The Bertz CT molecular complexity index is 431. The van der Waals surface area contributed by atoms with Crippen LogP contribution >= 0.6 is 11.3 Å². The summed E-state index contributed by atoms with van der Waals surface area (Å²) >= 11 is 1.67. The summed E-state index contributed by atoms with van der Waals surface area (Å²) in [6.07, 6.45) is 2.60. The summed E-state index contributed by atoms with van der Waals surface area (Å²) in [5.41, 5.74) is 0.991. The van der Waals surface area contributed by atoms with Gasteiger partial charge in [0.05, 0.1) is 10.6 Å². The molecule has 0 radical (unpaired) electrons. The number of aromatic nitrogens is 1. The second-order valence-electron chi connectivity index (χ2n) is 3.81. The van der Waals surface area contributed by atoms with E-state index in [1.165, 1.54) is 12.8 Å². The molecule has 3 nitrogen and oxygen atoms in total. The first-order valence-electron chi connectivity index (χ1n) is 5.15. The number of thiophene rings is 1. The highest BCUT2D eigenvalue weighted by Gasteiger charge is 2.20. The molecule has 15 heavy (non-hydrogen) atoms. The molecular weight excluding hydrogens is 208 g/mol. The van der Waals surface area contributed by atoms with Gasteiger partial charge in [-0.15, -0.1) is 11.3 Å². The van der Waals surface area contributed by atoms with Gasteiger partial charge in [0.25, 0.3) is 0 Å². The molecule has 0 bridgehead atoms. The van der Waals surface area contributed by atoms with Crippen molar-refractivity contribution in [2.24, 2.45) is 0 Å². The lowest BCUT2D eigenvalue weighted by Crippen LogP contribution is -2.15. The molecule has 78 valence electrons. The summed E-state index contributed by atoms with van der Waals surface area (Å²) in [6, 6.07) is 6.79. The molecule has 0 spiro atoms. The van der Waals surface area contributed by atoms with Crippen LogP contribution < -0.4 is 5.32 Å². The van der Waals surface area contributed by atoms with Crippen LogP contribution in [-0.4, -0.2) is 11.2 Å². The van der Waals surface area contributed by atoms with E-state index in [1.807, 2.05) is 23.6 Å². The predicted octanol–water partition coefficient (Wildman–Crippen LogP) is 2.66. The van der Waals surface area contributed by atoms with Crippen molar-refractivity contribution < 1.29 is 4.52 Å². The molecule has 0 aliphatic heterocycles. The first-order chi connectivity index (χ1) is 7.42. The zero-order valence-corrected chi connectivity index (χ0v) is 9.09. The highest BCUT2D eigenvalue weighted by atomic mass is 32.1. The van der Waals surface area contributed by atoms with Gasteiger partial charge in [-0.25, -0.2) is 0 Å². The molecule has 0 atom stereocenters. The highest BCUT2D eigenvalue weighted by Crippen LogP contribution is 2.25. The number of hydrogen-bond acceptors (Lipinski definition) is 4. The topological polar surface area (TPSA) is 38.1 Å². The van der Waals surface area contributed by atoms with Crippen molar-refractivity contribution in [2.75, 3.05) is 0 Å². The largest absolute Gasteiger partial charge is 0.355 e. The maximum atomic E-state index is 5.28. The third-order valence-corrected chi connectivity index (χ3v) is 3.36. The van der Waals surface area contributed by atoms with Crippen LogP contribution in [0.5, 0.6) is 0 Å². The molecule has 2 heterocycles. The Balaban J connectivity index is 1.69. The standard InChI is InChI=1S/C11H12N2OS/c1-2-11(15-5-1)10-6-9(13-14-10)7-12-8-3-4-8/h1-2,5-6,8,12H,3-4,7H2. The van der Waals surface area contributed by atoms with Crippen LogP contribution in [0.2, 0.25) is 0 Å². The van der Waals surface area contributed by atoms with Crippen LogP contribution in [0.4, 0.5) is 0 Å². The van der Waals surface area contributed by atoms with Crippen LogP contribution in [0, 0.1) is 0 Å². The first-order valence-corrected chi connectivity index (χ1v) is 6.02. The van der Waals surface area contributed by atoms with Crippen molar-refractivity contribution in [1.82, 2.24) is 10.5 Å². The van der Waals surface area contributed by atoms with E-state index in [2.05, 4.69) is 10.5 Å². The zero-order chi connectivity index (χ0) is 10.1. The molecule has 0 unspecified atom stereocenters. The van der Waals surface area contributed by atoms with E-state index >= 15 is 0 Å². The summed E-state index contributed by atoms with van der Waals surface area (Å²) in [5, 5.41) is 9.50. The van der Waals surface area contributed by atoms with Crippen molar-refractivity contribution in [3.8, 4) is 10.6 Å². The van der Waals surface area contributed by atoms with Crippen LogP contribution in [0.25, 0.3) is 10.6 Å². The molecule has 0 aromatic carbocycles. The highest BCUT2D eigenvalue weighted by molar-refractivity contribution is 7.13. The van der Waals surface area contributed by atoms with Gasteiger partial charge >= 0.3 is 0 Å². The van der Waals surface area contributed by atoms with Gasteiger partial charge in [0.1, 0.15) is 0 Å². The van der Waals surface area contributed by atoms with Gasteiger partial charge < -0.3 is 9.84 Å². The van der Waals surface area contributed by atoms with Crippen molar-refractivity contribution in [3.63, 3.8) is 0 Å². The lowest BCUT2D eigenvalue weighted by Gasteiger charge is -1.95. The van der Waals surface area contributed by atoms with Gasteiger partial charge in [-0.05, 0) is 24.3 Å². The average Bonchev–Trinajstić information content (AvgIpc) is 2.78. The molecular formula is C11H12N2OS. The normalized spacial score (nSPS) is 15.7. The van der Waals surface area contributed by atoms with Gasteiger partial charge in [0.2, 0.25) is 0 Å². The first kappa shape index (κ1) is 9.12. The second kappa shape index (κ2) is 3.79. The summed E-state index contributed by atoms with van der Waals surface area (Å²) < 4.78 is 5.28. The Kier molecular flexibility index (Phi) is 2.31. The zero-order valence-electron chi connectivity index (χ0n) is 8.27. The van der Waals surface area contributed by atoms with Crippen molar-refractivity contribution >= 4 is 11.3 Å². The quantitative estimate of drug-likeness (QED) is 0.860. The second-order valence-corrected chi connectivity index (χ2v) is 4.76. The van der Waals surface area contributed by atoms with Crippen LogP contribution in [0.15, 0.2) is 28.1 Å². The summed E-state index contributed by atoms with van der Waals surface area (Å²) in [4.78, 5) is 1.14. The fraction of sp³-hybridized carbons (Fsp3) is 0.364. The molecule has 2 aromatic rings. The number of hydrogen-bond donors (Lipinski definition) is 1. The van der Waals surface area contributed by atoms with E-state index in [0.29, 0.717) is 6.04 Å². The Morgan fingerprint density at radius 2 is 2.47 bits per heavy atom. The Hall–Kier alpha value is -1.13. The van der Waals surface area contributed by atoms with E-state index in [0.717, 1.165) is 22.9 Å². The monoisotopic (exact) mass is 220 g/mol. The van der Waals surface area contributed by atoms with Crippen LogP contribution in [0.1, 0.15) is 18.5 Å². The summed E-state index contributed by atoms with van der Waals surface area (Å²) in [5.74, 6) is 0.873. The van der Waals surface area contributed by atoms with E-state index in [1.54, 1.807) is 11.3 Å². The lowest BCUT2D eigenvalue weighted by molar-refractivity contribution is 0.420. The number of nitrogens with zero attached hydrogens (tertiary/aromatic N) is 1. The van der Waals surface area contributed by atoms with E-state index in [9.17, 15) is 0 Å². The fourth-order valence-electron chi connectivity index (χ4n) is 1.47. The molecule has 4 heteroatoms. The third kappa shape index (κ3) is 2.11. The van der Waals surface area contributed by atoms with Crippen molar-refractivity contribution in [2.45, 2.75) is 25.4 Å². The molecule has 0 amide bonds. The molecule has 0 saturated heterocycles. The van der Waals surface area contributed by atoms with Crippen molar-refractivity contribution in [1.29, 1.82) is 0 Å². The SMILES string of the molecule is c1csc(-c2cc(CNC3CC3)no2)c1. The minimum Gasteiger partial charge on any atom is -0.355 e. The van der Waals surface area contributed by atoms with Gasteiger partial charge in [-0.3, -0.25) is 0 Å². The summed E-state index contributed by atoms with van der Waals surface area (Å²) in [6.45, 7) is 0.819. The fourth-order valence-corrected chi connectivity index (χ4v) is 2.14.